The molecule has 0 saturated heterocycles. The maximum atomic E-state index is 12.9. The SMILES string of the molecule is OC(c1ccc(F)cc1)c1cccc2c1NCC2. The number of hydrogen-bond acceptors (Lipinski definition) is 2. The summed E-state index contributed by atoms with van der Waals surface area (Å²) in [7, 11) is 0. The van der Waals surface area contributed by atoms with Gasteiger partial charge in [-0.3, -0.25) is 0 Å². The van der Waals surface area contributed by atoms with Crippen LogP contribution >= 0.6 is 0 Å². The lowest BCUT2D eigenvalue weighted by atomic mass is 9.98. The molecule has 0 aliphatic carbocycles. The number of anilines is 1. The highest BCUT2D eigenvalue weighted by Gasteiger charge is 2.19. The molecule has 1 aliphatic heterocycles. The third-order valence-electron chi connectivity index (χ3n) is 3.36. The van der Waals surface area contributed by atoms with E-state index in [1.165, 1.54) is 17.7 Å². The lowest BCUT2D eigenvalue weighted by Gasteiger charge is -2.15. The van der Waals surface area contributed by atoms with Gasteiger partial charge >= 0.3 is 0 Å². The number of halogens is 1. The van der Waals surface area contributed by atoms with Crippen molar-refractivity contribution >= 4 is 5.69 Å². The van der Waals surface area contributed by atoms with Crippen LogP contribution in [-0.2, 0) is 6.42 Å². The van der Waals surface area contributed by atoms with Gasteiger partial charge in [-0.2, -0.15) is 0 Å². The molecule has 0 spiro atoms. The second-order valence-electron chi connectivity index (χ2n) is 4.51. The van der Waals surface area contributed by atoms with Crippen molar-refractivity contribution in [2.45, 2.75) is 12.5 Å². The molecule has 18 heavy (non-hydrogen) atoms. The van der Waals surface area contributed by atoms with Crippen molar-refractivity contribution in [3.63, 3.8) is 0 Å². The first-order valence-corrected chi connectivity index (χ1v) is 6.05. The summed E-state index contributed by atoms with van der Waals surface area (Å²) < 4.78 is 12.9. The molecule has 1 heterocycles. The Bertz CT molecular complexity index is 565. The van der Waals surface area contributed by atoms with Crippen molar-refractivity contribution in [2.24, 2.45) is 0 Å². The van der Waals surface area contributed by atoms with E-state index in [2.05, 4.69) is 11.4 Å². The molecule has 0 radical (unpaired) electrons. The summed E-state index contributed by atoms with van der Waals surface area (Å²) in [6.07, 6.45) is 0.269. The predicted molar refractivity (Wildman–Crippen MR) is 69.1 cm³/mol. The van der Waals surface area contributed by atoms with Crippen LogP contribution in [0.5, 0.6) is 0 Å². The summed E-state index contributed by atoms with van der Waals surface area (Å²) >= 11 is 0. The average Bonchev–Trinajstić information content (AvgIpc) is 2.87. The minimum Gasteiger partial charge on any atom is -0.384 e. The summed E-state index contributed by atoms with van der Waals surface area (Å²) in [4.78, 5) is 0. The van der Waals surface area contributed by atoms with Gasteiger partial charge in [0.25, 0.3) is 0 Å². The van der Waals surface area contributed by atoms with Crippen molar-refractivity contribution in [3.8, 4) is 0 Å². The molecule has 2 aromatic carbocycles. The lowest BCUT2D eigenvalue weighted by molar-refractivity contribution is 0.221. The van der Waals surface area contributed by atoms with Crippen molar-refractivity contribution in [2.75, 3.05) is 11.9 Å². The Morgan fingerprint density at radius 3 is 2.67 bits per heavy atom. The summed E-state index contributed by atoms with van der Waals surface area (Å²) in [5.41, 5.74) is 3.82. The normalized spacial score (nSPS) is 15.0. The molecule has 1 atom stereocenters. The maximum Gasteiger partial charge on any atom is 0.123 e. The maximum absolute atomic E-state index is 12.9. The minimum absolute atomic E-state index is 0.289. The fourth-order valence-corrected chi connectivity index (χ4v) is 2.42. The number of benzene rings is 2. The number of para-hydroxylation sites is 1. The highest BCUT2D eigenvalue weighted by Crippen LogP contribution is 2.33. The lowest BCUT2D eigenvalue weighted by Crippen LogP contribution is -2.03. The predicted octanol–water partition coefficient (Wildman–Crippen LogP) is 2.88. The van der Waals surface area contributed by atoms with Gasteiger partial charge in [-0.25, -0.2) is 4.39 Å². The number of aliphatic hydroxyl groups is 1. The van der Waals surface area contributed by atoms with Crippen molar-refractivity contribution in [1.82, 2.24) is 0 Å². The molecule has 1 aliphatic rings. The van der Waals surface area contributed by atoms with E-state index in [-0.39, 0.29) is 5.82 Å². The van der Waals surface area contributed by atoms with Crippen LogP contribution in [0.2, 0.25) is 0 Å². The van der Waals surface area contributed by atoms with E-state index >= 15 is 0 Å². The fraction of sp³-hybridized carbons (Fsp3) is 0.200. The first-order chi connectivity index (χ1) is 8.75. The van der Waals surface area contributed by atoms with Gasteiger partial charge in [0.2, 0.25) is 0 Å². The van der Waals surface area contributed by atoms with Gasteiger partial charge in [-0.1, -0.05) is 30.3 Å². The Hall–Kier alpha value is -1.87. The zero-order valence-corrected chi connectivity index (χ0v) is 9.86. The monoisotopic (exact) mass is 243 g/mol. The summed E-state index contributed by atoms with van der Waals surface area (Å²) in [5.74, 6) is -0.289. The minimum atomic E-state index is -0.717. The van der Waals surface area contributed by atoms with Gasteiger partial charge in [0.1, 0.15) is 11.9 Å². The van der Waals surface area contributed by atoms with Crippen LogP contribution in [0.4, 0.5) is 10.1 Å². The van der Waals surface area contributed by atoms with Crippen LogP contribution in [0.1, 0.15) is 22.8 Å². The van der Waals surface area contributed by atoms with E-state index < -0.39 is 6.10 Å². The standard InChI is InChI=1S/C15H14FNO/c16-12-6-4-11(5-7-12)15(18)13-3-1-2-10-8-9-17-14(10)13/h1-7,15,17-18H,8-9H2. The van der Waals surface area contributed by atoms with E-state index in [0.717, 1.165) is 24.2 Å². The second kappa shape index (κ2) is 4.42. The number of rotatable bonds is 2. The molecule has 92 valence electrons. The van der Waals surface area contributed by atoms with Crippen LogP contribution in [0.15, 0.2) is 42.5 Å². The Morgan fingerprint density at radius 1 is 1.11 bits per heavy atom. The van der Waals surface area contributed by atoms with Crippen molar-refractivity contribution < 1.29 is 9.50 Å². The van der Waals surface area contributed by atoms with Gasteiger partial charge in [0, 0.05) is 17.8 Å². The molecule has 3 rings (SSSR count). The van der Waals surface area contributed by atoms with E-state index in [1.54, 1.807) is 12.1 Å². The van der Waals surface area contributed by atoms with Crippen LogP contribution in [0.3, 0.4) is 0 Å². The highest BCUT2D eigenvalue weighted by atomic mass is 19.1. The molecule has 2 aromatic rings. The average molecular weight is 243 g/mol. The van der Waals surface area contributed by atoms with Gasteiger partial charge < -0.3 is 10.4 Å². The molecule has 3 heteroatoms. The van der Waals surface area contributed by atoms with Gasteiger partial charge in [0.15, 0.2) is 0 Å². The van der Waals surface area contributed by atoms with Crippen LogP contribution in [0, 0.1) is 5.82 Å². The van der Waals surface area contributed by atoms with Crippen LogP contribution in [-0.4, -0.2) is 11.7 Å². The van der Waals surface area contributed by atoms with E-state index in [4.69, 9.17) is 0 Å². The Balaban J connectivity index is 2.00. The first kappa shape index (κ1) is 11.2. The third-order valence-corrected chi connectivity index (χ3v) is 3.36. The summed E-state index contributed by atoms with van der Waals surface area (Å²) in [6.45, 7) is 0.905. The van der Waals surface area contributed by atoms with Crippen molar-refractivity contribution in [3.05, 3.63) is 65.0 Å². The Morgan fingerprint density at radius 2 is 1.89 bits per heavy atom. The molecule has 0 aromatic heterocycles. The smallest absolute Gasteiger partial charge is 0.123 e. The van der Waals surface area contributed by atoms with Gasteiger partial charge in [0.05, 0.1) is 0 Å². The number of fused-ring (bicyclic) bond motifs is 1. The van der Waals surface area contributed by atoms with E-state index in [9.17, 15) is 9.50 Å². The quantitative estimate of drug-likeness (QED) is 0.850. The molecule has 1 unspecified atom stereocenters. The number of nitrogens with one attached hydrogen (secondary N) is 1. The molecular formula is C15H14FNO. The first-order valence-electron chi connectivity index (χ1n) is 6.05. The zero-order valence-electron chi connectivity index (χ0n) is 9.86. The number of hydrogen-bond donors (Lipinski definition) is 2. The van der Waals surface area contributed by atoms with E-state index in [0.29, 0.717) is 5.56 Å². The number of aliphatic hydroxyl groups excluding tert-OH is 1. The summed E-state index contributed by atoms with van der Waals surface area (Å²) in [5, 5.41) is 13.7. The largest absolute Gasteiger partial charge is 0.384 e. The molecule has 2 nitrogen and oxygen atoms in total. The molecule has 0 saturated carbocycles. The topological polar surface area (TPSA) is 32.3 Å². The Labute approximate surface area is 105 Å². The Kier molecular flexibility index (Phi) is 2.76. The molecule has 0 amide bonds. The van der Waals surface area contributed by atoms with E-state index in [1.807, 2.05) is 12.1 Å². The summed E-state index contributed by atoms with van der Waals surface area (Å²) in [6, 6.07) is 11.9. The zero-order chi connectivity index (χ0) is 12.5. The fourth-order valence-electron chi connectivity index (χ4n) is 2.42. The van der Waals surface area contributed by atoms with Gasteiger partial charge in [-0.05, 0) is 29.7 Å². The molecule has 0 bridgehead atoms. The van der Waals surface area contributed by atoms with Gasteiger partial charge in [-0.15, -0.1) is 0 Å². The van der Waals surface area contributed by atoms with Crippen LogP contribution < -0.4 is 5.32 Å². The highest BCUT2D eigenvalue weighted by molar-refractivity contribution is 5.63. The molecule has 2 N–H and O–H groups in total. The van der Waals surface area contributed by atoms with Crippen molar-refractivity contribution in [1.29, 1.82) is 0 Å². The van der Waals surface area contributed by atoms with Crippen LogP contribution in [0.25, 0.3) is 0 Å². The third kappa shape index (κ3) is 1.87. The molecule has 0 fully saturated rings. The molecular weight excluding hydrogens is 229 g/mol. The second-order valence-corrected chi connectivity index (χ2v) is 4.51.